The van der Waals surface area contributed by atoms with E-state index in [1.807, 2.05) is 20.0 Å². The molecule has 1 aliphatic rings. The molecule has 1 aliphatic carbocycles. The number of fused-ring (bicyclic) bond motifs is 1. The van der Waals surface area contributed by atoms with Crippen molar-refractivity contribution < 1.29 is 9.13 Å². The molecule has 0 bridgehead atoms. The van der Waals surface area contributed by atoms with Gasteiger partial charge in [0.2, 0.25) is 0 Å². The van der Waals surface area contributed by atoms with Crippen LogP contribution in [0.15, 0.2) is 18.2 Å². The highest BCUT2D eigenvalue weighted by molar-refractivity contribution is 5.65. The molecule has 0 unspecified atom stereocenters. The van der Waals surface area contributed by atoms with Crippen LogP contribution in [-0.4, -0.2) is 40.3 Å². The van der Waals surface area contributed by atoms with Crippen LogP contribution in [0.2, 0.25) is 0 Å². The van der Waals surface area contributed by atoms with Gasteiger partial charge in [-0.3, -0.25) is 0 Å². The minimum Gasteiger partial charge on any atom is -0.495 e. The number of nitrogen functional groups attached to an aromatic ring is 1. The average Bonchev–Trinajstić information content (AvgIpc) is 3.53. The van der Waals surface area contributed by atoms with E-state index >= 15 is 0 Å². The number of aromatic nitrogens is 4. The number of hydrogen-bond acceptors (Lipinski definition) is 6. The van der Waals surface area contributed by atoms with Crippen LogP contribution in [-0.2, 0) is 0 Å². The number of rotatable bonds is 7. The lowest BCUT2D eigenvalue weighted by Gasteiger charge is -2.09. The first-order valence-electron chi connectivity index (χ1n) is 10.5. The number of nitrogens with zero attached hydrogens (tertiary/aromatic N) is 4. The number of methoxy groups -OCH3 is 1. The summed E-state index contributed by atoms with van der Waals surface area (Å²) in [5.41, 5.74) is 9.22. The Bertz CT molecular complexity index is 995. The Kier molecular flexibility index (Phi) is 7.20. The van der Waals surface area contributed by atoms with Gasteiger partial charge in [0.05, 0.1) is 18.5 Å². The fraction of sp³-hybridized carbons (Fsp3) is 0.500. The number of anilines is 1. The van der Waals surface area contributed by atoms with Crippen LogP contribution in [0.5, 0.6) is 5.75 Å². The quantitative estimate of drug-likeness (QED) is 0.566. The van der Waals surface area contributed by atoms with Crippen LogP contribution in [0.4, 0.5) is 10.2 Å². The summed E-state index contributed by atoms with van der Waals surface area (Å²) in [6.45, 7) is 5.26. The lowest BCUT2D eigenvalue weighted by atomic mass is 10.2. The van der Waals surface area contributed by atoms with Gasteiger partial charge in [-0.05, 0) is 51.9 Å². The number of imidazole rings is 1. The molecule has 0 atom stereocenters. The summed E-state index contributed by atoms with van der Waals surface area (Å²) < 4.78 is 20.6. The van der Waals surface area contributed by atoms with Crippen LogP contribution < -0.4 is 15.8 Å². The normalized spacial score (nSPS) is 13.2. The van der Waals surface area contributed by atoms with Gasteiger partial charge in [-0.25, -0.2) is 18.9 Å². The van der Waals surface area contributed by atoms with Crippen molar-refractivity contribution in [2.75, 3.05) is 26.4 Å². The van der Waals surface area contributed by atoms with E-state index in [0.29, 0.717) is 17.3 Å². The van der Waals surface area contributed by atoms with Gasteiger partial charge in [0.1, 0.15) is 17.1 Å². The maximum absolute atomic E-state index is 13.4. The highest BCUT2D eigenvalue weighted by Gasteiger charge is 2.30. The predicted molar refractivity (Wildman–Crippen MR) is 117 cm³/mol. The Morgan fingerprint density at radius 3 is 2.63 bits per heavy atom. The van der Waals surface area contributed by atoms with Gasteiger partial charge in [-0.2, -0.15) is 5.10 Å². The van der Waals surface area contributed by atoms with E-state index in [1.165, 1.54) is 31.9 Å². The molecule has 3 heterocycles. The first kappa shape index (κ1) is 22.0. The predicted octanol–water partition coefficient (Wildman–Crippen LogP) is 4.10. The van der Waals surface area contributed by atoms with E-state index in [-0.39, 0.29) is 5.82 Å². The number of nitrogens with two attached hydrogens (primary N) is 1. The molecule has 0 spiro atoms. The first-order valence-corrected chi connectivity index (χ1v) is 10.5. The molecular weight excluding hydrogens is 383 g/mol. The average molecular weight is 415 g/mol. The molecule has 7 nitrogen and oxygen atoms in total. The zero-order valence-electron chi connectivity index (χ0n) is 18.2. The molecule has 0 amide bonds. The summed E-state index contributed by atoms with van der Waals surface area (Å²) in [6.07, 6.45) is 6.23. The molecule has 0 aliphatic heterocycles. The maximum Gasteiger partial charge on any atom is 0.165 e. The Labute approximate surface area is 176 Å². The molecule has 3 aromatic rings. The highest BCUT2D eigenvalue weighted by atomic mass is 19.1. The van der Waals surface area contributed by atoms with Gasteiger partial charge in [0.15, 0.2) is 17.3 Å². The monoisotopic (exact) mass is 414 g/mol. The SMILES string of the molecule is CCCCCNC.COc1cc2nc(C)c(-c3ccc(F)c(N)n3)n2nc1C1CC1. The third kappa shape index (κ3) is 4.87. The number of unbranched alkanes of at least 4 members (excludes halogenated alkanes) is 2. The Morgan fingerprint density at radius 1 is 1.27 bits per heavy atom. The Hall–Kier alpha value is -2.74. The number of ether oxygens (including phenoxy) is 1. The molecule has 4 rings (SSSR count). The minimum atomic E-state index is -0.534. The topological polar surface area (TPSA) is 90.4 Å². The number of pyridine rings is 1. The Balaban J connectivity index is 0.000000318. The van der Waals surface area contributed by atoms with E-state index in [2.05, 4.69) is 22.2 Å². The highest BCUT2D eigenvalue weighted by Crippen LogP contribution is 2.43. The number of halogens is 1. The number of hydrogen-bond donors (Lipinski definition) is 2. The molecule has 30 heavy (non-hydrogen) atoms. The Morgan fingerprint density at radius 2 is 2.03 bits per heavy atom. The molecule has 0 radical (unpaired) electrons. The van der Waals surface area contributed by atoms with E-state index < -0.39 is 5.82 Å². The summed E-state index contributed by atoms with van der Waals surface area (Å²) in [5.74, 6) is 0.514. The van der Waals surface area contributed by atoms with E-state index in [4.69, 9.17) is 15.6 Å². The van der Waals surface area contributed by atoms with Gasteiger partial charge in [-0.1, -0.05) is 19.8 Å². The summed E-state index contributed by atoms with van der Waals surface area (Å²) in [5, 5.41) is 7.81. The van der Waals surface area contributed by atoms with Crippen LogP contribution in [0.25, 0.3) is 17.0 Å². The van der Waals surface area contributed by atoms with Crippen molar-refractivity contribution in [1.82, 2.24) is 24.9 Å². The number of aryl methyl sites for hydroxylation is 1. The van der Waals surface area contributed by atoms with Crippen LogP contribution in [0, 0.1) is 12.7 Å². The standard InChI is InChI=1S/C16H16FN5O.C6H15N/c1-8-15(11-6-5-10(17)16(18)20-11)22-13(19-8)7-12(23-2)14(21-22)9-3-4-9;1-3-4-5-6-7-2/h5-7,9H,3-4H2,1-2H3,(H2,18,20);7H,3-6H2,1-2H3. The molecule has 8 heteroatoms. The fourth-order valence-corrected chi connectivity index (χ4v) is 3.32. The van der Waals surface area contributed by atoms with Gasteiger partial charge in [-0.15, -0.1) is 0 Å². The molecule has 162 valence electrons. The molecule has 1 fully saturated rings. The van der Waals surface area contributed by atoms with Crippen molar-refractivity contribution in [3.8, 4) is 17.1 Å². The molecule has 1 saturated carbocycles. The van der Waals surface area contributed by atoms with Crippen molar-refractivity contribution in [1.29, 1.82) is 0 Å². The van der Waals surface area contributed by atoms with E-state index in [9.17, 15) is 4.39 Å². The molecule has 0 aromatic carbocycles. The maximum atomic E-state index is 13.4. The molecule has 0 saturated heterocycles. The second kappa shape index (κ2) is 9.84. The van der Waals surface area contributed by atoms with Crippen LogP contribution in [0.1, 0.15) is 56.3 Å². The van der Waals surface area contributed by atoms with Crippen molar-refractivity contribution in [3.63, 3.8) is 0 Å². The van der Waals surface area contributed by atoms with Gasteiger partial charge >= 0.3 is 0 Å². The largest absolute Gasteiger partial charge is 0.495 e. The third-order valence-corrected chi connectivity index (χ3v) is 5.10. The van der Waals surface area contributed by atoms with Gasteiger partial charge in [0, 0.05) is 12.0 Å². The molecule has 3 N–H and O–H groups in total. The minimum absolute atomic E-state index is 0.132. The smallest absolute Gasteiger partial charge is 0.165 e. The van der Waals surface area contributed by atoms with Crippen LogP contribution in [0.3, 0.4) is 0 Å². The summed E-state index contributed by atoms with van der Waals surface area (Å²) >= 11 is 0. The first-order chi connectivity index (χ1) is 14.5. The van der Waals surface area contributed by atoms with Crippen molar-refractivity contribution in [2.24, 2.45) is 0 Å². The number of nitrogens with one attached hydrogen (secondary N) is 1. The summed E-state index contributed by atoms with van der Waals surface area (Å²) in [7, 11) is 3.63. The second-order valence-electron chi connectivity index (χ2n) is 7.56. The van der Waals surface area contributed by atoms with Crippen molar-refractivity contribution in [3.05, 3.63) is 35.4 Å². The zero-order valence-corrected chi connectivity index (χ0v) is 18.2. The molecular formula is C22H31FN6O. The van der Waals surface area contributed by atoms with Crippen molar-refractivity contribution in [2.45, 2.75) is 51.9 Å². The zero-order chi connectivity index (χ0) is 21.7. The molecule has 3 aromatic heterocycles. The summed E-state index contributed by atoms with van der Waals surface area (Å²) in [4.78, 5) is 8.65. The lowest BCUT2D eigenvalue weighted by Crippen LogP contribution is -2.06. The van der Waals surface area contributed by atoms with Gasteiger partial charge < -0.3 is 15.8 Å². The lowest BCUT2D eigenvalue weighted by molar-refractivity contribution is 0.405. The van der Waals surface area contributed by atoms with Gasteiger partial charge in [0.25, 0.3) is 0 Å². The second-order valence-corrected chi connectivity index (χ2v) is 7.56. The summed E-state index contributed by atoms with van der Waals surface area (Å²) in [6, 6.07) is 4.77. The van der Waals surface area contributed by atoms with Crippen molar-refractivity contribution >= 4 is 11.5 Å². The van der Waals surface area contributed by atoms with E-state index in [0.717, 1.165) is 35.7 Å². The van der Waals surface area contributed by atoms with Crippen LogP contribution >= 0.6 is 0 Å². The fourth-order valence-electron chi connectivity index (χ4n) is 3.32. The van der Waals surface area contributed by atoms with E-state index in [1.54, 1.807) is 17.7 Å². The third-order valence-electron chi connectivity index (χ3n) is 5.10.